The summed E-state index contributed by atoms with van der Waals surface area (Å²) in [5.74, 6) is 0. The molecule has 0 aliphatic rings. The third-order valence-electron chi connectivity index (χ3n) is 3.83. The first-order chi connectivity index (χ1) is 10.0. The van der Waals surface area contributed by atoms with E-state index >= 15 is 0 Å². The zero-order valence-corrected chi connectivity index (χ0v) is 16.5. The monoisotopic (exact) mass is 457 g/mol. The summed E-state index contributed by atoms with van der Waals surface area (Å²) in [5.41, 5.74) is 5.44. The van der Waals surface area contributed by atoms with Gasteiger partial charge in [0, 0.05) is 8.04 Å². The second-order valence-electron chi connectivity index (χ2n) is 5.34. The highest BCUT2D eigenvalue weighted by atomic mass is 127. The second kappa shape index (κ2) is 7.75. The second-order valence-corrected chi connectivity index (χ2v) is 7.42. The summed E-state index contributed by atoms with van der Waals surface area (Å²) in [6.07, 6.45) is 1.13. The molecule has 2 rings (SSSR count). The van der Waals surface area contributed by atoms with Gasteiger partial charge in [-0.3, -0.25) is 0 Å². The van der Waals surface area contributed by atoms with Gasteiger partial charge in [-0.1, -0.05) is 41.1 Å². The van der Waals surface area contributed by atoms with Gasteiger partial charge in [0.05, 0.1) is 6.04 Å². The van der Waals surface area contributed by atoms with Crippen molar-refractivity contribution in [3.63, 3.8) is 0 Å². The van der Waals surface area contributed by atoms with Crippen LogP contribution in [0.5, 0.6) is 0 Å². The van der Waals surface area contributed by atoms with Crippen molar-refractivity contribution in [1.29, 1.82) is 0 Å². The Balaban J connectivity index is 2.52. The maximum atomic E-state index is 3.71. The summed E-state index contributed by atoms with van der Waals surface area (Å²) in [4.78, 5) is 0. The fourth-order valence-corrected chi connectivity index (χ4v) is 3.52. The van der Waals surface area contributed by atoms with Gasteiger partial charge in [-0.05, 0) is 89.9 Å². The van der Waals surface area contributed by atoms with Crippen LogP contribution in [0.15, 0.2) is 40.9 Å². The van der Waals surface area contributed by atoms with Gasteiger partial charge >= 0.3 is 0 Å². The predicted octanol–water partition coefficient (Wildman–Crippen LogP) is 5.76. The summed E-state index contributed by atoms with van der Waals surface area (Å²) >= 11 is 6.04. The Kier molecular flexibility index (Phi) is 6.26. The van der Waals surface area contributed by atoms with Crippen molar-refractivity contribution >= 4 is 38.5 Å². The Labute approximate surface area is 149 Å². The van der Waals surface area contributed by atoms with E-state index in [1.54, 1.807) is 0 Å². The lowest BCUT2D eigenvalue weighted by Gasteiger charge is -2.24. The minimum atomic E-state index is 0.245. The highest BCUT2D eigenvalue weighted by Gasteiger charge is 2.18. The molecule has 1 nitrogen and oxygen atoms in total. The summed E-state index contributed by atoms with van der Waals surface area (Å²) in [5, 5.41) is 3.71. The predicted molar refractivity (Wildman–Crippen MR) is 103 cm³/mol. The van der Waals surface area contributed by atoms with Gasteiger partial charge in [-0.25, -0.2) is 0 Å². The van der Waals surface area contributed by atoms with Gasteiger partial charge in [0.1, 0.15) is 0 Å². The van der Waals surface area contributed by atoms with E-state index in [-0.39, 0.29) is 6.04 Å². The summed E-state index contributed by atoms with van der Waals surface area (Å²) < 4.78 is 2.43. The Morgan fingerprint density at radius 3 is 2.62 bits per heavy atom. The quantitative estimate of drug-likeness (QED) is 0.562. The maximum absolute atomic E-state index is 3.71. The molecule has 1 atom stereocenters. The summed E-state index contributed by atoms with van der Waals surface area (Å²) in [6.45, 7) is 7.62. The van der Waals surface area contributed by atoms with Crippen LogP contribution in [0.2, 0.25) is 0 Å². The van der Waals surface area contributed by atoms with Crippen molar-refractivity contribution in [3.8, 4) is 0 Å². The van der Waals surface area contributed by atoms with Gasteiger partial charge in [0.15, 0.2) is 0 Å². The van der Waals surface area contributed by atoms with Gasteiger partial charge < -0.3 is 5.32 Å². The molecule has 0 amide bonds. The zero-order chi connectivity index (χ0) is 15.4. The van der Waals surface area contributed by atoms with Gasteiger partial charge in [-0.2, -0.15) is 0 Å². The van der Waals surface area contributed by atoms with Gasteiger partial charge in [0.2, 0.25) is 0 Å². The topological polar surface area (TPSA) is 12.0 Å². The van der Waals surface area contributed by atoms with E-state index < -0.39 is 0 Å². The van der Waals surface area contributed by atoms with Crippen LogP contribution in [-0.2, 0) is 0 Å². The fraction of sp³-hybridized carbons (Fsp3) is 0.333. The standard InChI is InChI=1S/C18H21BrIN/c1-4-10-21-18(15-7-5-6-12(2)13(15)3)16-11-14(19)8-9-17(16)20/h5-9,11,18,21H,4,10H2,1-3H3. The Hall–Kier alpha value is -0.390. The van der Waals surface area contributed by atoms with Crippen LogP contribution in [0, 0.1) is 17.4 Å². The normalized spacial score (nSPS) is 12.4. The van der Waals surface area contributed by atoms with Gasteiger partial charge in [-0.15, -0.1) is 0 Å². The number of hydrogen-bond acceptors (Lipinski definition) is 1. The Bertz CT molecular complexity index is 623. The van der Waals surface area contributed by atoms with E-state index in [2.05, 4.69) is 101 Å². The molecule has 1 unspecified atom stereocenters. The van der Waals surface area contributed by atoms with Crippen molar-refractivity contribution in [2.24, 2.45) is 0 Å². The smallest absolute Gasteiger partial charge is 0.0590 e. The van der Waals surface area contributed by atoms with E-state index in [0.29, 0.717) is 0 Å². The molecule has 3 heteroatoms. The fourth-order valence-electron chi connectivity index (χ4n) is 2.50. The number of halogens is 2. The molecule has 2 aromatic rings. The number of rotatable bonds is 5. The van der Waals surface area contributed by atoms with Crippen molar-refractivity contribution in [2.75, 3.05) is 6.54 Å². The summed E-state index contributed by atoms with van der Waals surface area (Å²) in [6, 6.07) is 13.3. The zero-order valence-electron chi connectivity index (χ0n) is 12.7. The molecule has 0 saturated heterocycles. The van der Waals surface area contributed by atoms with Crippen molar-refractivity contribution < 1.29 is 0 Å². The molecule has 0 aliphatic carbocycles. The SMILES string of the molecule is CCCNC(c1cc(Br)ccc1I)c1cccc(C)c1C. The third-order valence-corrected chi connectivity index (χ3v) is 5.30. The van der Waals surface area contributed by atoms with E-state index in [1.165, 1.54) is 25.8 Å². The third kappa shape index (κ3) is 4.08. The molecule has 2 aromatic carbocycles. The van der Waals surface area contributed by atoms with Crippen molar-refractivity contribution in [3.05, 3.63) is 66.7 Å². The highest BCUT2D eigenvalue weighted by Crippen LogP contribution is 2.31. The average Bonchev–Trinajstić information content (AvgIpc) is 2.47. The minimum absolute atomic E-state index is 0.245. The largest absolute Gasteiger partial charge is 0.306 e. The molecule has 0 radical (unpaired) electrons. The van der Waals surface area contributed by atoms with Crippen LogP contribution >= 0.6 is 38.5 Å². The summed E-state index contributed by atoms with van der Waals surface area (Å²) in [7, 11) is 0. The van der Waals surface area contributed by atoms with Crippen LogP contribution < -0.4 is 5.32 Å². The molecule has 0 bridgehead atoms. The molecule has 0 aliphatic heterocycles. The van der Waals surface area contributed by atoms with E-state index in [9.17, 15) is 0 Å². The van der Waals surface area contributed by atoms with Gasteiger partial charge in [0.25, 0.3) is 0 Å². The van der Waals surface area contributed by atoms with E-state index in [1.807, 2.05) is 0 Å². The average molecular weight is 458 g/mol. The van der Waals surface area contributed by atoms with Crippen LogP contribution in [0.4, 0.5) is 0 Å². The lowest BCUT2D eigenvalue weighted by molar-refractivity contribution is 0.594. The first-order valence-electron chi connectivity index (χ1n) is 7.29. The number of aryl methyl sites for hydroxylation is 1. The number of benzene rings is 2. The molecule has 1 N–H and O–H groups in total. The number of hydrogen-bond donors (Lipinski definition) is 1. The van der Waals surface area contributed by atoms with E-state index in [4.69, 9.17) is 0 Å². The molecule has 21 heavy (non-hydrogen) atoms. The Morgan fingerprint density at radius 2 is 1.90 bits per heavy atom. The number of nitrogens with one attached hydrogen (secondary N) is 1. The van der Waals surface area contributed by atoms with Crippen LogP contribution in [0.1, 0.15) is 41.6 Å². The van der Waals surface area contributed by atoms with Crippen LogP contribution in [0.3, 0.4) is 0 Å². The molecule has 112 valence electrons. The first-order valence-corrected chi connectivity index (χ1v) is 9.16. The van der Waals surface area contributed by atoms with Crippen molar-refractivity contribution in [2.45, 2.75) is 33.2 Å². The molecule has 0 heterocycles. The molecule has 0 saturated carbocycles. The Morgan fingerprint density at radius 1 is 1.14 bits per heavy atom. The highest BCUT2D eigenvalue weighted by molar-refractivity contribution is 14.1. The lowest BCUT2D eigenvalue weighted by atomic mass is 9.92. The molecule has 0 spiro atoms. The lowest BCUT2D eigenvalue weighted by Crippen LogP contribution is -2.25. The molecule has 0 aromatic heterocycles. The van der Waals surface area contributed by atoms with Crippen molar-refractivity contribution in [1.82, 2.24) is 5.32 Å². The van der Waals surface area contributed by atoms with E-state index in [0.717, 1.165) is 17.4 Å². The molecular weight excluding hydrogens is 437 g/mol. The molecule has 0 fully saturated rings. The first kappa shape index (κ1) is 17.0. The van der Waals surface area contributed by atoms with Crippen LogP contribution in [0.25, 0.3) is 0 Å². The minimum Gasteiger partial charge on any atom is -0.306 e. The maximum Gasteiger partial charge on any atom is 0.0590 e. The molecular formula is C18H21BrIN. The van der Waals surface area contributed by atoms with Crippen LogP contribution in [-0.4, -0.2) is 6.54 Å².